The van der Waals surface area contributed by atoms with Gasteiger partial charge in [-0.1, -0.05) is 12.1 Å². The molecule has 1 heterocycles. The van der Waals surface area contributed by atoms with Crippen LogP contribution in [0.15, 0.2) is 40.9 Å². The first-order chi connectivity index (χ1) is 10.6. The molecule has 0 unspecified atom stereocenters. The van der Waals surface area contributed by atoms with Crippen molar-refractivity contribution >= 4 is 27.5 Å². The fraction of sp³-hybridized carbons (Fsp3) is 0.235. The van der Waals surface area contributed by atoms with E-state index in [0.717, 1.165) is 32.8 Å². The Kier molecular flexibility index (Phi) is 4.34. The summed E-state index contributed by atoms with van der Waals surface area (Å²) in [6.07, 6.45) is 1.08. The molecule has 4 nitrogen and oxygen atoms in total. The van der Waals surface area contributed by atoms with Crippen molar-refractivity contribution < 1.29 is 14.3 Å². The molecule has 2 aromatic rings. The van der Waals surface area contributed by atoms with Gasteiger partial charge in [0.15, 0.2) is 11.5 Å². The van der Waals surface area contributed by atoms with Crippen molar-refractivity contribution in [2.45, 2.75) is 19.8 Å². The third-order valence-corrected chi connectivity index (χ3v) is 4.13. The summed E-state index contributed by atoms with van der Waals surface area (Å²) in [5.74, 6) is 1.50. The van der Waals surface area contributed by atoms with Gasteiger partial charge in [0.25, 0.3) is 0 Å². The number of amides is 1. The van der Waals surface area contributed by atoms with Crippen molar-refractivity contribution in [3.8, 4) is 11.5 Å². The van der Waals surface area contributed by atoms with E-state index in [1.54, 1.807) is 0 Å². The Morgan fingerprint density at radius 3 is 2.82 bits per heavy atom. The van der Waals surface area contributed by atoms with Crippen LogP contribution in [0.1, 0.15) is 17.5 Å². The smallest absolute Gasteiger partial charge is 0.231 e. The molecular weight excluding hydrogens is 346 g/mol. The lowest BCUT2D eigenvalue weighted by atomic mass is 10.1. The van der Waals surface area contributed by atoms with Gasteiger partial charge in [-0.2, -0.15) is 0 Å². The fourth-order valence-electron chi connectivity index (χ4n) is 2.29. The Hall–Kier alpha value is -2.01. The summed E-state index contributed by atoms with van der Waals surface area (Å²) in [6.45, 7) is 2.27. The van der Waals surface area contributed by atoms with E-state index in [-0.39, 0.29) is 12.7 Å². The van der Waals surface area contributed by atoms with Crippen LogP contribution in [0.2, 0.25) is 0 Å². The standard InChI is InChI=1S/C17H16BrNO3/c1-11-2-5-14(13(18)8-11)19-17(20)7-4-12-3-6-15-16(9-12)22-10-21-15/h2-3,5-6,8-9H,4,7,10H2,1H3,(H,19,20). The quantitative estimate of drug-likeness (QED) is 0.893. The molecule has 1 N–H and O–H groups in total. The van der Waals surface area contributed by atoms with E-state index in [1.807, 2.05) is 43.3 Å². The number of aryl methyl sites for hydroxylation is 2. The topological polar surface area (TPSA) is 47.6 Å². The first kappa shape index (κ1) is 14.9. The molecule has 2 aromatic carbocycles. The Bertz CT molecular complexity index is 715. The largest absolute Gasteiger partial charge is 0.454 e. The minimum Gasteiger partial charge on any atom is -0.454 e. The number of halogens is 1. The maximum atomic E-state index is 12.1. The summed E-state index contributed by atoms with van der Waals surface area (Å²) in [7, 11) is 0. The summed E-state index contributed by atoms with van der Waals surface area (Å²) >= 11 is 3.46. The number of benzene rings is 2. The van der Waals surface area contributed by atoms with Gasteiger partial charge in [-0.15, -0.1) is 0 Å². The van der Waals surface area contributed by atoms with Gasteiger partial charge in [0.2, 0.25) is 12.7 Å². The number of carbonyl (C=O) groups is 1. The minimum atomic E-state index is -0.0118. The Labute approximate surface area is 137 Å². The van der Waals surface area contributed by atoms with E-state index >= 15 is 0 Å². The molecule has 1 aliphatic heterocycles. The monoisotopic (exact) mass is 361 g/mol. The lowest BCUT2D eigenvalue weighted by Gasteiger charge is -2.08. The van der Waals surface area contributed by atoms with Crippen molar-refractivity contribution in [1.82, 2.24) is 0 Å². The van der Waals surface area contributed by atoms with E-state index < -0.39 is 0 Å². The Balaban J connectivity index is 1.58. The normalized spacial score (nSPS) is 12.3. The van der Waals surface area contributed by atoms with Crippen molar-refractivity contribution in [2.24, 2.45) is 0 Å². The van der Waals surface area contributed by atoms with Crippen molar-refractivity contribution in [3.05, 3.63) is 52.0 Å². The molecule has 5 heteroatoms. The molecule has 3 rings (SSSR count). The SMILES string of the molecule is Cc1ccc(NC(=O)CCc2ccc3c(c2)OCO3)c(Br)c1. The molecule has 0 radical (unpaired) electrons. The average Bonchev–Trinajstić information content (AvgIpc) is 2.95. The van der Waals surface area contributed by atoms with Gasteiger partial charge in [0, 0.05) is 10.9 Å². The molecule has 114 valence electrons. The van der Waals surface area contributed by atoms with Gasteiger partial charge in [0.1, 0.15) is 0 Å². The maximum Gasteiger partial charge on any atom is 0.231 e. The van der Waals surface area contributed by atoms with Crippen LogP contribution in [0, 0.1) is 6.92 Å². The molecular formula is C17H16BrNO3. The van der Waals surface area contributed by atoms with Crippen LogP contribution in [-0.4, -0.2) is 12.7 Å². The van der Waals surface area contributed by atoms with E-state index in [2.05, 4.69) is 21.2 Å². The molecule has 1 aliphatic rings. The van der Waals surface area contributed by atoms with E-state index in [9.17, 15) is 4.79 Å². The molecule has 0 aliphatic carbocycles. The highest BCUT2D eigenvalue weighted by atomic mass is 79.9. The predicted molar refractivity (Wildman–Crippen MR) is 88.4 cm³/mol. The lowest BCUT2D eigenvalue weighted by Crippen LogP contribution is -2.12. The van der Waals surface area contributed by atoms with Crippen molar-refractivity contribution in [2.75, 3.05) is 12.1 Å². The molecule has 22 heavy (non-hydrogen) atoms. The van der Waals surface area contributed by atoms with Crippen LogP contribution in [0.25, 0.3) is 0 Å². The third kappa shape index (κ3) is 3.42. The molecule has 0 saturated heterocycles. The molecule has 0 saturated carbocycles. The molecule has 0 atom stereocenters. The van der Waals surface area contributed by atoms with Crippen LogP contribution in [0.3, 0.4) is 0 Å². The van der Waals surface area contributed by atoms with Gasteiger partial charge >= 0.3 is 0 Å². The second kappa shape index (κ2) is 6.40. The summed E-state index contributed by atoms with van der Waals surface area (Å²) in [5.41, 5.74) is 2.99. The number of fused-ring (bicyclic) bond motifs is 1. The number of ether oxygens (including phenoxy) is 2. The van der Waals surface area contributed by atoms with E-state index in [4.69, 9.17) is 9.47 Å². The van der Waals surface area contributed by atoms with Crippen LogP contribution >= 0.6 is 15.9 Å². The molecule has 0 fully saturated rings. The van der Waals surface area contributed by atoms with Crippen molar-refractivity contribution in [3.63, 3.8) is 0 Å². The number of anilines is 1. The lowest BCUT2D eigenvalue weighted by molar-refractivity contribution is -0.116. The van der Waals surface area contributed by atoms with Gasteiger partial charge in [-0.05, 0) is 64.7 Å². The van der Waals surface area contributed by atoms with Crippen LogP contribution in [-0.2, 0) is 11.2 Å². The Morgan fingerprint density at radius 1 is 1.18 bits per heavy atom. The zero-order chi connectivity index (χ0) is 15.5. The molecule has 0 bridgehead atoms. The highest BCUT2D eigenvalue weighted by Gasteiger charge is 2.13. The summed E-state index contributed by atoms with van der Waals surface area (Å²) in [5, 5.41) is 2.92. The second-order valence-electron chi connectivity index (χ2n) is 5.22. The van der Waals surface area contributed by atoms with Gasteiger partial charge in [0.05, 0.1) is 5.69 Å². The van der Waals surface area contributed by atoms with Crippen LogP contribution in [0.4, 0.5) is 5.69 Å². The number of nitrogens with one attached hydrogen (secondary N) is 1. The van der Waals surface area contributed by atoms with Crippen molar-refractivity contribution in [1.29, 1.82) is 0 Å². The van der Waals surface area contributed by atoms with E-state index in [1.165, 1.54) is 0 Å². The van der Waals surface area contributed by atoms with Crippen LogP contribution < -0.4 is 14.8 Å². The second-order valence-corrected chi connectivity index (χ2v) is 6.07. The highest BCUT2D eigenvalue weighted by molar-refractivity contribution is 9.10. The Morgan fingerprint density at radius 2 is 2.00 bits per heavy atom. The predicted octanol–water partition coefficient (Wildman–Crippen LogP) is 4.06. The zero-order valence-electron chi connectivity index (χ0n) is 12.2. The van der Waals surface area contributed by atoms with Gasteiger partial charge in [-0.25, -0.2) is 0 Å². The fourth-order valence-corrected chi connectivity index (χ4v) is 2.88. The van der Waals surface area contributed by atoms with Gasteiger partial charge < -0.3 is 14.8 Å². The molecule has 0 aromatic heterocycles. The first-order valence-electron chi connectivity index (χ1n) is 7.06. The van der Waals surface area contributed by atoms with Crippen LogP contribution in [0.5, 0.6) is 11.5 Å². The summed E-state index contributed by atoms with van der Waals surface area (Å²) in [4.78, 5) is 12.1. The minimum absolute atomic E-state index is 0.0118. The maximum absolute atomic E-state index is 12.1. The zero-order valence-corrected chi connectivity index (χ0v) is 13.8. The molecule has 1 amide bonds. The van der Waals surface area contributed by atoms with E-state index in [0.29, 0.717) is 12.8 Å². The number of carbonyl (C=O) groups excluding carboxylic acids is 1. The number of hydrogen-bond acceptors (Lipinski definition) is 3. The molecule has 0 spiro atoms. The first-order valence-corrected chi connectivity index (χ1v) is 7.85. The number of hydrogen-bond donors (Lipinski definition) is 1. The summed E-state index contributed by atoms with van der Waals surface area (Å²) in [6, 6.07) is 11.6. The van der Waals surface area contributed by atoms with Gasteiger partial charge in [-0.3, -0.25) is 4.79 Å². The third-order valence-electron chi connectivity index (χ3n) is 3.48. The highest BCUT2D eigenvalue weighted by Crippen LogP contribution is 2.32. The summed E-state index contributed by atoms with van der Waals surface area (Å²) < 4.78 is 11.5. The number of rotatable bonds is 4. The average molecular weight is 362 g/mol.